The quantitative estimate of drug-likeness (QED) is 0.312. The van der Waals surface area contributed by atoms with Crippen molar-refractivity contribution >= 4 is 45.1 Å². The van der Waals surface area contributed by atoms with Gasteiger partial charge in [-0.15, -0.1) is 0 Å². The Hall–Kier alpha value is -3.89. The van der Waals surface area contributed by atoms with E-state index in [-0.39, 0.29) is 35.7 Å². The fourth-order valence-corrected chi connectivity index (χ4v) is 6.74. The second kappa shape index (κ2) is 10.2. The average Bonchev–Trinajstić information content (AvgIpc) is 3.53. The molecule has 210 valence electrons. The first-order chi connectivity index (χ1) is 19.9. The van der Waals surface area contributed by atoms with Crippen molar-refractivity contribution in [1.29, 1.82) is 0 Å². The van der Waals surface area contributed by atoms with Crippen LogP contribution in [0.5, 0.6) is 6.01 Å². The van der Waals surface area contributed by atoms with Gasteiger partial charge in [-0.25, -0.2) is 9.37 Å². The highest BCUT2D eigenvalue weighted by Crippen LogP contribution is 2.41. The van der Waals surface area contributed by atoms with Gasteiger partial charge in [0.05, 0.1) is 17.5 Å². The largest absolute Gasteiger partial charge is 0.462 e. The molecule has 3 atom stereocenters. The zero-order valence-electron chi connectivity index (χ0n) is 22.6. The molecule has 0 bridgehead atoms. The predicted octanol–water partition coefficient (Wildman–Crippen LogP) is 4.48. The Morgan fingerprint density at radius 2 is 2.07 bits per heavy atom. The van der Waals surface area contributed by atoms with Crippen molar-refractivity contribution in [3.63, 3.8) is 0 Å². The number of ether oxygens (including phenoxy) is 1. The van der Waals surface area contributed by atoms with E-state index in [1.54, 1.807) is 18.5 Å². The molecule has 0 N–H and O–H groups in total. The van der Waals surface area contributed by atoms with E-state index in [1.165, 1.54) is 12.1 Å². The number of amides is 1. The highest BCUT2D eigenvalue weighted by atomic mass is 35.5. The molecule has 0 radical (unpaired) electrons. The Balaban J connectivity index is 1.32. The van der Waals surface area contributed by atoms with Gasteiger partial charge >= 0.3 is 6.01 Å². The van der Waals surface area contributed by atoms with Gasteiger partial charge in [-0.3, -0.25) is 9.78 Å². The maximum atomic E-state index is 15.9. The van der Waals surface area contributed by atoms with Crippen molar-refractivity contribution in [3.05, 3.63) is 60.2 Å². The molecule has 6 heterocycles. The summed E-state index contributed by atoms with van der Waals surface area (Å²) in [5.41, 5.74) is 0.923. The summed E-state index contributed by atoms with van der Waals surface area (Å²) in [7, 11) is 2.09. The van der Waals surface area contributed by atoms with E-state index in [2.05, 4.69) is 33.4 Å². The zero-order valence-corrected chi connectivity index (χ0v) is 23.4. The molecule has 7 rings (SSSR count). The van der Waals surface area contributed by atoms with E-state index >= 15 is 4.39 Å². The lowest BCUT2D eigenvalue weighted by molar-refractivity contribution is -0.127. The standard InChI is InChI=1S/C30H29ClFN7O2/c1-3-25(40)38-11-9-23-24(38)15-39(23)29-19-12-22(32)27(20-14-33-13-17-6-4-8-21(31)26(17)20)34-28(19)35-30(36-29)41-16-18-7-5-10-37(18)2/h3-4,6,8,12-14,18,23-24H,1,5,7,9-11,15-16H2,2H3/t18-,23+,24+/m0/s1. The van der Waals surface area contributed by atoms with Crippen LogP contribution in [0.4, 0.5) is 10.2 Å². The van der Waals surface area contributed by atoms with Gasteiger partial charge in [0, 0.05) is 52.9 Å². The van der Waals surface area contributed by atoms with Crippen molar-refractivity contribution in [3.8, 4) is 17.3 Å². The Bertz CT molecular complexity index is 1700. The van der Waals surface area contributed by atoms with Crippen LogP contribution in [0.1, 0.15) is 19.3 Å². The van der Waals surface area contributed by atoms with Gasteiger partial charge in [0.25, 0.3) is 0 Å². The summed E-state index contributed by atoms with van der Waals surface area (Å²) < 4.78 is 22.0. The molecule has 3 fully saturated rings. The number of hydrogen-bond donors (Lipinski definition) is 0. The second-order valence-electron chi connectivity index (χ2n) is 10.9. The van der Waals surface area contributed by atoms with E-state index in [4.69, 9.17) is 26.3 Å². The number of fused-ring (bicyclic) bond motifs is 3. The van der Waals surface area contributed by atoms with Crippen LogP contribution in [0.25, 0.3) is 33.1 Å². The van der Waals surface area contributed by atoms with Crippen LogP contribution >= 0.6 is 11.6 Å². The van der Waals surface area contributed by atoms with Gasteiger partial charge in [0.1, 0.15) is 23.9 Å². The minimum atomic E-state index is -0.523. The molecule has 0 spiro atoms. The van der Waals surface area contributed by atoms with Crippen LogP contribution in [0, 0.1) is 5.82 Å². The van der Waals surface area contributed by atoms with Gasteiger partial charge in [0.15, 0.2) is 5.65 Å². The fourth-order valence-electron chi connectivity index (χ4n) is 6.45. The van der Waals surface area contributed by atoms with Crippen LogP contribution in [-0.2, 0) is 4.79 Å². The molecule has 1 amide bonds. The number of aromatic nitrogens is 4. The number of likely N-dealkylation sites (tertiary alicyclic amines) is 2. The molecule has 1 aromatic carbocycles. The fraction of sp³-hybridized carbons (Fsp3) is 0.367. The molecule has 3 aliphatic rings. The number of hydrogen-bond acceptors (Lipinski definition) is 8. The molecule has 3 aliphatic heterocycles. The highest BCUT2D eigenvalue weighted by molar-refractivity contribution is 6.36. The Morgan fingerprint density at radius 3 is 2.88 bits per heavy atom. The van der Waals surface area contributed by atoms with Crippen LogP contribution in [0.2, 0.25) is 5.02 Å². The summed E-state index contributed by atoms with van der Waals surface area (Å²) in [6.07, 6.45) is 7.57. The Morgan fingerprint density at radius 1 is 1.20 bits per heavy atom. The SMILES string of the molecule is C=CC(=O)N1CC[C@@H]2[C@H]1CN2c1nc(OC[C@@H]2CCCN2C)nc2nc(-c3cncc4cccc(Cl)c34)c(F)cc12. The van der Waals surface area contributed by atoms with E-state index in [0.717, 1.165) is 31.2 Å². The van der Waals surface area contributed by atoms with Crippen molar-refractivity contribution in [2.75, 3.05) is 38.2 Å². The first kappa shape index (κ1) is 26.0. The smallest absolute Gasteiger partial charge is 0.320 e. The number of pyridine rings is 2. The molecule has 0 aliphatic carbocycles. The van der Waals surface area contributed by atoms with E-state index in [9.17, 15) is 4.79 Å². The van der Waals surface area contributed by atoms with Crippen LogP contribution in [0.15, 0.2) is 49.3 Å². The van der Waals surface area contributed by atoms with Crippen molar-refractivity contribution in [2.24, 2.45) is 0 Å². The highest BCUT2D eigenvalue weighted by Gasteiger charge is 2.49. The lowest BCUT2D eigenvalue weighted by atomic mass is 9.96. The number of carbonyl (C=O) groups is 1. The van der Waals surface area contributed by atoms with Gasteiger partial charge in [0.2, 0.25) is 5.91 Å². The zero-order chi connectivity index (χ0) is 28.2. The van der Waals surface area contributed by atoms with E-state index < -0.39 is 5.82 Å². The minimum Gasteiger partial charge on any atom is -0.462 e. The third-order valence-corrected chi connectivity index (χ3v) is 9.00. The predicted molar refractivity (Wildman–Crippen MR) is 156 cm³/mol. The van der Waals surface area contributed by atoms with Crippen molar-refractivity contribution in [2.45, 2.75) is 37.4 Å². The van der Waals surface area contributed by atoms with E-state index in [1.807, 2.05) is 17.0 Å². The average molecular weight is 574 g/mol. The number of halogens is 2. The van der Waals surface area contributed by atoms with E-state index in [0.29, 0.717) is 52.5 Å². The number of nitrogens with zero attached hydrogens (tertiary/aromatic N) is 7. The summed E-state index contributed by atoms with van der Waals surface area (Å²) in [5.74, 6) is -0.0372. The molecular formula is C30H29ClFN7O2. The molecule has 3 aromatic heterocycles. The summed E-state index contributed by atoms with van der Waals surface area (Å²) in [6.45, 7) is 6.33. The normalized spacial score (nSPS) is 22.3. The summed E-state index contributed by atoms with van der Waals surface area (Å²) in [6, 6.07) is 7.52. The lowest BCUT2D eigenvalue weighted by Gasteiger charge is -2.47. The van der Waals surface area contributed by atoms with Gasteiger partial charge < -0.3 is 19.4 Å². The number of likely N-dealkylation sites (N-methyl/N-ethyl adjacent to an activating group) is 1. The molecule has 3 saturated heterocycles. The minimum absolute atomic E-state index is 0.0583. The van der Waals surface area contributed by atoms with Crippen LogP contribution < -0.4 is 9.64 Å². The first-order valence-corrected chi connectivity index (χ1v) is 14.2. The molecule has 41 heavy (non-hydrogen) atoms. The first-order valence-electron chi connectivity index (χ1n) is 13.9. The molecule has 0 saturated carbocycles. The van der Waals surface area contributed by atoms with Gasteiger partial charge in [-0.1, -0.05) is 30.3 Å². The third kappa shape index (κ3) is 4.36. The van der Waals surface area contributed by atoms with Gasteiger partial charge in [-0.05, 0) is 51.1 Å². The second-order valence-corrected chi connectivity index (χ2v) is 11.4. The monoisotopic (exact) mass is 573 g/mol. The Labute approximate surface area is 241 Å². The van der Waals surface area contributed by atoms with Crippen LogP contribution in [-0.4, -0.2) is 87.1 Å². The molecule has 9 nitrogen and oxygen atoms in total. The molecule has 4 aromatic rings. The molecule has 0 unspecified atom stereocenters. The topological polar surface area (TPSA) is 87.6 Å². The maximum absolute atomic E-state index is 15.9. The number of carbonyl (C=O) groups excluding carboxylic acids is 1. The molecule has 11 heteroatoms. The summed E-state index contributed by atoms with van der Waals surface area (Å²) in [5, 5.41) is 2.44. The lowest BCUT2D eigenvalue weighted by Crippen LogP contribution is -2.63. The summed E-state index contributed by atoms with van der Waals surface area (Å²) in [4.78, 5) is 37.0. The van der Waals surface area contributed by atoms with Gasteiger partial charge in [-0.2, -0.15) is 9.97 Å². The summed E-state index contributed by atoms with van der Waals surface area (Å²) >= 11 is 6.54. The number of benzene rings is 1. The van der Waals surface area contributed by atoms with Crippen molar-refractivity contribution in [1.82, 2.24) is 29.7 Å². The van der Waals surface area contributed by atoms with Crippen molar-refractivity contribution < 1.29 is 13.9 Å². The molecular weight excluding hydrogens is 545 g/mol. The van der Waals surface area contributed by atoms with Crippen LogP contribution in [0.3, 0.4) is 0 Å². The maximum Gasteiger partial charge on any atom is 0.320 e. The Kier molecular flexibility index (Phi) is 6.47. The number of rotatable bonds is 6. The number of anilines is 1. The third-order valence-electron chi connectivity index (χ3n) is 8.69.